The summed E-state index contributed by atoms with van der Waals surface area (Å²) in [6, 6.07) is 0. The lowest BCUT2D eigenvalue weighted by atomic mass is 9.81. The molecule has 0 aromatic heterocycles. The minimum atomic E-state index is -0.430. The van der Waals surface area contributed by atoms with Crippen molar-refractivity contribution in [2.24, 2.45) is 17.8 Å². The fourth-order valence-corrected chi connectivity index (χ4v) is 3.93. The third-order valence-corrected chi connectivity index (χ3v) is 5.36. The van der Waals surface area contributed by atoms with Gasteiger partial charge in [0.15, 0.2) is 0 Å². The number of hydrogen-bond acceptors (Lipinski definition) is 5. The SMILES string of the molecule is O=C(CCN1C(=O)C2CCCCC2C1=O)NCC1CNCC1O. The van der Waals surface area contributed by atoms with Crippen molar-refractivity contribution in [3.63, 3.8) is 0 Å². The molecular formula is C16H25N3O4. The van der Waals surface area contributed by atoms with Gasteiger partial charge in [0.2, 0.25) is 17.7 Å². The van der Waals surface area contributed by atoms with Gasteiger partial charge in [-0.05, 0) is 12.8 Å². The molecule has 0 radical (unpaired) electrons. The zero-order valence-electron chi connectivity index (χ0n) is 13.3. The van der Waals surface area contributed by atoms with Crippen LogP contribution in [-0.2, 0) is 14.4 Å². The topological polar surface area (TPSA) is 98.7 Å². The van der Waals surface area contributed by atoms with E-state index >= 15 is 0 Å². The molecule has 3 N–H and O–H groups in total. The predicted octanol–water partition coefficient (Wildman–Crippen LogP) is -0.752. The first kappa shape index (κ1) is 16.4. The smallest absolute Gasteiger partial charge is 0.233 e. The molecule has 7 nitrogen and oxygen atoms in total. The maximum absolute atomic E-state index is 12.3. The monoisotopic (exact) mass is 323 g/mol. The number of aliphatic hydroxyl groups excluding tert-OH is 1. The van der Waals surface area contributed by atoms with Gasteiger partial charge in [0, 0.05) is 38.5 Å². The number of hydrogen-bond donors (Lipinski definition) is 3. The first-order chi connectivity index (χ1) is 11.1. The number of imide groups is 1. The number of aliphatic hydroxyl groups is 1. The molecule has 4 atom stereocenters. The molecule has 0 aromatic carbocycles. The van der Waals surface area contributed by atoms with E-state index in [9.17, 15) is 19.5 Å². The molecule has 7 heteroatoms. The highest BCUT2D eigenvalue weighted by Gasteiger charge is 2.47. The number of β-amino-alcohol motifs (C(OH)–C–C–N with tert-alkyl or cyclic N) is 1. The van der Waals surface area contributed by atoms with Crippen LogP contribution < -0.4 is 10.6 Å². The maximum atomic E-state index is 12.3. The Bertz CT molecular complexity index is 472. The lowest BCUT2D eigenvalue weighted by Gasteiger charge is -2.19. The van der Waals surface area contributed by atoms with Gasteiger partial charge in [0.25, 0.3) is 0 Å². The highest BCUT2D eigenvalue weighted by Crippen LogP contribution is 2.37. The van der Waals surface area contributed by atoms with Crippen molar-refractivity contribution in [2.75, 3.05) is 26.2 Å². The van der Waals surface area contributed by atoms with E-state index in [0.717, 1.165) is 25.7 Å². The highest BCUT2D eigenvalue weighted by molar-refractivity contribution is 6.05. The van der Waals surface area contributed by atoms with Crippen molar-refractivity contribution < 1.29 is 19.5 Å². The first-order valence-corrected chi connectivity index (χ1v) is 8.58. The van der Waals surface area contributed by atoms with Gasteiger partial charge >= 0.3 is 0 Å². The van der Waals surface area contributed by atoms with Crippen molar-refractivity contribution in [3.8, 4) is 0 Å². The Balaban J connectivity index is 1.45. The maximum Gasteiger partial charge on any atom is 0.233 e. The van der Waals surface area contributed by atoms with E-state index in [4.69, 9.17) is 0 Å². The number of rotatable bonds is 5. The summed E-state index contributed by atoms with van der Waals surface area (Å²) in [4.78, 5) is 37.8. The van der Waals surface area contributed by atoms with Gasteiger partial charge in [-0.2, -0.15) is 0 Å². The number of fused-ring (bicyclic) bond motifs is 1. The molecule has 3 rings (SSSR count). The van der Waals surface area contributed by atoms with Gasteiger partial charge in [0.1, 0.15) is 0 Å². The second-order valence-corrected chi connectivity index (χ2v) is 6.87. The standard InChI is InChI=1S/C16H25N3O4/c20-13-9-17-7-10(13)8-18-14(21)5-6-19-15(22)11-3-1-2-4-12(11)16(19)23/h10-13,17,20H,1-9H2,(H,18,21). The van der Waals surface area contributed by atoms with Crippen molar-refractivity contribution in [1.29, 1.82) is 0 Å². The van der Waals surface area contributed by atoms with Crippen molar-refractivity contribution in [1.82, 2.24) is 15.5 Å². The summed E-state index contributed by atoms with van der Waals surface area (Å²) in [6.45, 7) is 1.83. The normalized spacial score (nSPS) is 33.9. The Morgan fingerprint density at radius 3 is 2.39 bits per heavy atom. The van der Waals surface area contributed by atoms with Gasteiger partial charge in [-0.3, -0.25) is 19.3 Å². The fraction of sp³-hybridized carbons (Fsp3) is 0.812. The third kappa shape index (κ3) is 3.40. The molecule has 3 fully saturated rings. The molecule has 0 bridgehead atoms. The zero-order valence-corrected chi connectivity index (χ0v) is 13.3. The van der Waals surface area contributed by atoms with Gasteiger partial charge in [0.05, 0.1) is 17.9 Å². The Kier molecular flexibility index (Phi) is 4.96. The van der Waals surface area contributed by atoms with E-state index < -0.39 is 6.10 Å². The lowest BCUT2D eigenvalue weighted by molar-refractivity contribution is -0.140. The summed E-state index contributed by atoms with van der Waals surface area (Å²) >= 11 is 0. The number of carbonyl (C=O) groups is 3. The second kappa shape index (κ2) is 6.97. The first-order valence-electron chi connectivity index (χ1n) is 8.58. The molecule has 2 heterocycles. The van der Waals surface area contributed by atoms with Crippen LogP contribution >= 0.6 is 0 Å². The van der Waals surface area contributed by atoms with Crippen LogP contribution in [0.5, 0.6) is 0 Å². The average molecular weight is 323 g/mol. The number of likely N-dealkylation sites (tertiary alicyclic amines) is 1. The molecule has 1 aliphatic carbocycles. The molecule has 2 aliphatic heterocycles. The molecule has 2 saturated heterocycles. The Morgan fingerprint density at radius 1 is 1.17 bits per heavy atom. The van der Waals surface area contributed by atoms with Crippen LogP contribution in [-0.4, -0.2) is 60.0 Å². The van der Waals surface area contributed by atoms with Crippen LogP contribution in [0.4, 0.5) is 0 Å². The van der Waals surface area contributed by atoms with Crippen LogP contribution in [0.15, 0.2) is 0 Å². The fourth-order valence-electron chi connectivity index (χ4n) is 3.93. The summed E-state index contributed by atoms with van der Waals surface area (Å²) in [7, 11) is 0. The van der Waals surface area contributed by atoms with Crippen molar-refractivity contribution >= 4 is 17.7 Å². The summed E-state index contributed by atoms with van der Waals surface area (Å²) < 4.78 is 0. The molecule has 128 valence electrons. The van der Waals surface area contributed by atoms with Gasteiger partial charge in [-0.25, -0.2) is 0 Å². The quantitative estimate of drug-likeness (QED) is 0.578. The van der Waals surface area contributed by atoms with E-state index in [1.165, 1.54) is 4.90 Å². The summed E-state index contributed by atoms with van der Waals surface area (Å²) in [5.41, 5.74) is 0. The van der Waals surface area contributed by atoms with Crippen LogP contribution in [0.1, 0.15) is 32.1 Å². The van der Waals surface area contributed by atoms with E-state index in [-0.39, 0.29) is 48.4 Å². The summed E-state index contributed by atoms with van der Waals surface area (Å²) in [5, 5.41) is 15.5. The van der Waals surface area contributed by atoms with Crippen molar-refractivity contribution in [2.45, 2.75) is 38.2 Å². The van der Waals surface area contributed by atoms with Crippen LogP contribution in [0.2, 0.25) is 0 Å². The lowest BCUT2D eigenvalue weighted by Crippen LogP contribution is -2.38. The average Bonchev–Trinajstić information content (AvgIpc) is 3.07. The van der Waals surface area contributed by atoms with Gasteiger partial charge < -0.3 is 15.7 Å². The minimum absolute atomic E-state index is 0.0249. The van der Waals surface area contributed by atoms with E-state index in [1.807, 2.05) is 0 Å². The number of amides is 3. The Hall–Kier alpha value is -1.47. The summed E-state index contributed by atoms with van der Waals surface area (Å²) in [6.07, 6.45) is 3.31. The zero-order chi connectivity index (χ0) is 16.4. The Labute approximate surface area is 135 Å². The highest BCUT2D eigenvalue weighted by atomic mass is 16.3. The molecule has 1 saturated carbocycles. The minimum Gasteiger partial charge on any atom is -0.391 e. The third-order valence-electron chi connectivity index (χ3n) is 5.36. The molecule has 4 unspecified atom stereocenters. The van der Waals surface area contributed by atoms with Gasteiger partial charge in [-0.15, -0.1) is 0 Å². The predicted molar refractivity (Wildman–Crippen MR) is 82.2 cm³/mol. The second-order valence-electron chi connectivity index (χ2n) is 6.87. The number of carbonyl (C=O) groups excluding carboxylic acids is 3. The van der Waals surface area contributed by atoms with Crippen molar-refractivity contribution in [3.05, 3.63) is 0 Å². The van der Waals surface area contributed by atoms with Crippen LogP contribution in [0.3, 0.4) is 0 Å². The largest absolute Gasteiger partial charge is 0.391 e. The van der Waals surface area contributed by atoms with Crippen LogP contribution in [0.25, 0.3) is 0 Å². The Morgan fingerprint density at radius 2 is 1.83 bits per heavy atom. The molecular weight excluding hydrogens is 298 g/mol. The number of nitrogens with one attached hydrogen (secondary N) is 2. The van der Waals surface area contributed by atoms with Crippen LogP contribution in [0, 0.1) is 17.8 Å². The molecule has 23 heavy (non-hydrogen) atoms. The number of nitrogens with zero attached hydrogens (tertiary/aromatic N) is 1. The molecule has 0 spiro atoms. The summed E-state index contributed by atoms with van der Waals surface area (Å²) in [5.74, 6) is -0.652. The van der Waals surface area contributed by atoms with E-state index in [0.29, 0.717) is 19.6 Å². The van der Waals surface area contributed by atoms with E-state index in [2.05, 4.69) is 10.6 Å². The molecule has 3 amide bonds. The molecule has 0 aromatic rings. The van der Waals surface area contributed by atoms with E-state index in [1.54, 1.807) is 0 Å². The molecule has 3 aliphatic rings. The van der Waals surface area contributed by atoms with Gasteiger partial charge in [-0.1, -0.05) is 12.8 Å².